The number of aliphatic imine (C=N–C) groups is 4. The van der Waals surface area contributed by atoms with Gasteiger partial charge < -0.3 is 18.9 Å². The van der Waals surface area contributed by atoms with Crippen molar-refractivity contribution in [1.82, 2.24) is 0 Å². The minimum absolute atomic E-state index is 0.677. The molecule has 2 heterocycles. The summed E-state index contributed by atoms with van der Waals surface area (Å²) in [5.74, 6) is 2.81. The summed E-state index contributed by atoms with van der Waals surface area (Å²) in [6, 6.07) is 48.2. The third-order valence-electron chi connectivity index (χ3n) is 10.4. The zero-order chi connectivity index (χ0) is 38.9. The summed E-state index contributed by atoms with van der Waals surface area (Å²) in [5.41, 5.74) is 6.89. The van der Waals surface area contributed by atoms with Crippen molar-refractivity contribution in [3.63, 3.8) is 0 Å². The van der Waals surface area contributed by atoms with Crippen LogP contribution in [0.2, 0.25) is 0 Å². The molecule has 56 heavy (non-hydrogen) atoms. The Morgan fingerprint density at radius 2 is 0.607 bits per heavy atom. The molecule has 0 saturated carbocycles. The molecule has 0 unspecified atom stereocenters. The number of aryl methyl sites for hydroxylation is 2. The largest absolute Gasteiger partial charge is 0.497 e. The van der Waals surface area contributed by atoms with Crippen molar-refractivity contribution in [1.29, 1.82) is 0 Å². The highest BCUT2D eigenvalue weighted by molar-refractivity contribution is 6.56. The number of benzene rings is 6. The zero-order valence-corrected chi connectivity index (χ0v) is 32.3. The van der Waals surface area contributed by atoms with E-state index in [1.54, 1.807) is 28.4 Å². The van der Waals surface area contributed by atoms with Crippen LogP contribution in [0.25, 0.3) is 0 Å². The van der Waals surface area contributed by atoms with Gasteiger partial charge in [0.05, 0.1) is 51.3 Å². The smallest absolute Gasteiger partial charge is 0.226 e. The van der Waals surface area contributed by atoms with E-state index in [4.69, 9.17) is 38.9 Å². The maximum atomic E-state index is 5.86. The number of hydrogen-bond acceptors (Lipinski definition) is 8. The molecular weight excluding hydrogens is 697 g/mol. The molecule has 0 N–H and O–H groups in total. The van der Waals surface area contributed by atoms with Gasteiger partial charge in [0.25, 0.3) is 0 Å². The summed E-state index contributed by atoms with van der Waals surface area (Å²) in [7, 11) is 6.67. The van der Waals surface area contributed by atoms with E-state index in [1.807, 2.05) is 121 Å². The van der Waals surface area contributed by atoms with Crippen LogP contribution in [-0.4, -0.2) is 51.3 Å². The summed E-state index contributed by atoms with van der Waals surface area (Å²) < 4.78 is 22.9. The molecule has 0 fully saturated rings. The van der Waals surface area contributed by atoms with Crippen molar-refractivity contribution < 1.29 is 18.9 Å². The van der Waals surface area contributed by atoms with Crippen LogP contribution >= 0.6 is 0 Å². The van der Waals surface area contributed by atoms with Gasteiger partial charge in [-0.2, -0.15) is 0 Å². The monoisotopic (exact) mass is 738 g/mol. The lowest BCUT2D eigenvalue weighted by atomic mass is 9.79. The minimum atomic E-state index is -1.45. The number of ether oxygens (including phenoxy) is 4. The van der Waals surface area contributed by atoms with Gasteiger partial charge in [-0.05, 0) is 73.5 Å². The van der Waals surface area contributed by atoms with Crippen molar-refractivity contribution in [3.05, 3.63) is 190 Å². The minimum Gasteiger partial charge on any atom is -0.497 e. The van der Waals surface area contributed by atoms with Crippen molar-refractivity contribution in [3.8, 4) is 23.0 Å². The average molecular weight is 739 g/mol. The van der Waals surface area contributed by atoms with E-state index in [-0.39, 0.29) is 0 Å². The van der Waals surface area contributed by atoms with Crippen molar-refractivity contribution in [2.75, 3.05) is 28.4 Å². The highest BCUT2D eigenvalue weighted by Crippen LogP contribution is 2.56. The Morgan fingerprint density at radius 3 is 0.857 bits per heavy atom. The van der Waals surface area contributed by atoms with Gasteiger partial charge in [0.1, 0.15) is 23.0 Å². The van der Waals surface area contributed by atoms with Gasteiger partial charge >= 0.3 is 0 Å². The normalized spacial score (nSPS) is 15.3. The first kappa shape index (κ1) is 36.2. The first-order chi connectivity index (χ1) is 27.3. The fourth-order valence-corrected chi connectivity index (χ4v) is 7.65. The van der Waals surface area contributed by atoms with Crippen LogP contribution in [0.5, 0.6) is 23.0 Å². The molecule has 278 valence electrons. The predicted molar refractivity (Wildman–Crippen MR) is 224 cm³/mol. The van der Waals surface area contributed by atoms with Crippen LogP contribution in [0.4, 0.5) is 0 Å². The predicted octanol–water partition coefficient (Wildman–Crippen LogP) is 9.33. The molecule has 0 radical (unpaired) electrons. The van der Waals surface area contributed by atoms with E-state index < -0.39 is 11.3 Å². The number of rotatable bonds is 11. The Hall–Kier alpha value is -6.80. The van der Waals surface area contributed by atoms with Crippen LogP contribution in [0.3, 0.4) is 0 Å². The lowest BCUT2D eigenvalue weighted by Crippen LogP contribution is -2.44. The molecule has 6 aromatic rings. The van der Waals surface area contributed by atoms with E-state index in [0.717, 1.165) is 44.5 Å². The number of methoxy groups -OCH3 is 4. The van der Waals surface area contributed by atoms with E-state index in [9.17, 15) is 0 Å². The Morgan fingerprint density at radius 1 is 0.339 bits per heavy atom. The van der Waals surface area contributed by atoms with Crippen LogP contribution in [0.15, 0.2) is 166 Å². The third kappa shape index (κ3) is 6.13. The lowest BCUT2D eigenvalue weighted by Gasteiger charge is -2.39. The summed E-state index contributed by atoms with van der Waals surface area (Å²) in [6.45, 7) is 4.19. The van der Waals surface area contributed by atoms with E-state index in [0.29, 0.717) is 45.8 Å². The fraction of sp³-hybridized carbons (Fsp3) is 0.167. The maximum Gasteiger partial charge on any atom is 0.226 e. The van der Waals surface area contributed by atoms with Gasteiger partial charge in [-0.25, -0.2) is 20.0 Å². The van der Waals surface area contributed by atoms with E-state index in [1.165, 1.54) is 0 Å². The van der Waals surface area contributed by atoms with Crippen LogP contribution < -0.4 is 18.9 Å². The maximum absolute atomic E-state index is 5.86. The molecule has 0 aliphatic carbocycles. The number of hydrogen-bond donors (Lipinski definition) is 0. The van der Waals surface area contributed by atoms with E-state index >= 15 is 0 Å². The van der Waals surface area contributed by atoms with Gasteiger partial charge in [-0.3, -0.25) is 0 Å². The molecule has 0 spiro atoms. The first-order valence-corrected chi connectivity index (χ1v) is 18.4. The van der Waals surface area contributed by atoms with Crippen LogP contribution in [0, 0.1) is 13.8 Å². The van der Waals surface area contributed by atoms with Gasteiger partial charge in [0.15, 0.2) is 0 Å². The molecule has 0 saturated heterocycles. The number of nitrogens with zero attached hydrogens (tertiary/aromatic N) is 4. The molecule has 8 rings (SSSR count). The fourth-order valence-electron chi connectivity index (χ4n) is 7.65. The Kier molecular flexibility index (Phi) is 9.56. The molecule has 0 atom stereocenters. The molecule has 2 aliphatic heterocycles. The molecule has 8 nitrogen and oxygen atoms in total. The van der Waals surface area contributed by atoms with Crippen molar-refractivity contribution >= 4 is 22.8 Å². The zero-order valence-electron chi connectivity index (χ0n) is 32.3. The second-order valence-corrected chi connectivity index (χ2v) is 13.7. The third-order valence-corrected chi connectivity index (χ3v) is 10.4. The van der Waals surface area contributed by atoms with Gasteiger partial charge in [0, 0.05) is 33.4 Å². The quantitative estimate of drug-likeness (QED) is 0.133. The summed E-state index contributed by atoms with van der Waals surface area (Å²) >= 11 is 0. The highest BCUT2D eigenvalue weighted by atomic mass is 16.5. The summed E-state index contributed by atoms with van der Waals surface area (Å²) in [4.78, 5) is 23.4. The van der Waals surface area contributed by atoms with Crippen molar-refractivity contribution in [2.45, 2.75) is 25.2 Å². The molecule has 8 heteroatoms. The van der Waals surface area contributed by atoms with Gasteiger partial charge in [-0.15, -0.1) is 0 Å². The highest BCUT2D eigenvalue weighted by Gasteiger charge is 2.61. The standard InChI is InChI=1S/C48H42N4O4/c1-31-15-7-9-25-41(31)47(49-43(33-17-11-21-37(27-33)53-3)44(50-47)34-18-12-22-38(28-34)54-4)48(42-26-10-8-16-32(42)2)51-45(35-19-13-23-39(29-35)55-5)46(52-48)36-20-14-24-40(30-36)56-6/h7-30H,1-6H3. The Balaban J connectivity index is 1.56. The first-order valence-electron chi connectivity index (χ1n) is 18.4. The summed E-state index contributed by atoms with van der Waals surface area (Å²) in [5, 5.41) is 0. The second-order valence-electron chi connectivity index (χ2n) is 13.7. The SMILES string of the molecule is COc1cccc(C2=NC(c3ccccc3C)(C3(c4ccccc4C)N=C(c4cccc(OC)c4)C(c4cccc(OC)c4)=N3)N=C2c2cccc(OC)c2)c1. The summed E-state index contributed by atoms with van der Waals surface area (Å²) in [6.07, 6.45) is 0. The topological polar surface area (TPSA) is 86.4 Å². The molecule has 0 aromatic heterocycles. The molecule has 0 amide bonds. The molecule has 2 aliphatic rings. The van der Waals surface area contributed by atoms with Crippen molar-refractivity contribution in [2.24, 2.45) is 20.0 Å². The Labute approximate surface area is 327 Å². The van der Waals surface area contributed by atoms with Gasteiger partial charge in [0.2, 0.25) is 11.3 Å². The van der Waals surface area contributed by atoms with Crippen LogP contribution in [0.1, 0.15) is 44.5 Å². The molecule has 6 aromatic carbocycles. The second kappa shape index (κ2) is 14.8. The van der Waals surface area contributed by atoms with Gasteiger partial charge in [-0.1, -0.05) is 97.1 Å². The average Bonchev–Trinajstić information content (AvgIpc) is 3.87. The van der Waals surface area contributed by atoms with E-state index in [2.05, 4.69) is 38.1 Å². The molecular formula is C48H42N4O4. The molecule has 0 bridgehead atoms. The lowest BCUT2D eigenvalue weighted by molar-refractivity contribution is 0.255. The van der Waals surface area contributed by atoms with Crippen LogP contribution in [-0.2, 0) is 11.3 Å². The Bertz CT molecular complexity index is 2280.